The SMILES string of the molecule is Cc1ccc(N2CC(c3nnc(NC(=O)COc4ccc5c(c4)OCO5)s3)CC2=O)cc1. The van der Waals surface area contributed by atoms with Crippen LogP contribution in [0.25, 0.3) is 0 Å². The van der Waals surface area contributed by atoms with Crippen LogP contribution < -0.4 is 24.4 Å². The fraction of sp³-hybridized carbons (Fsp3) is 0.273. The van der Waals surface area contributed by atoms with Crippen LogP contribution in [0.1, 0.15) is 22.9 Å². The second-order valence-electron chi connectivity index (χ2n) is 7.54. The number of carbonyl (C=O) groups excluding carboxylic acids is 2. The number of nitrogens with one attached hydrogen (secondary N) is 1. The summed E-state index contributed by atoms with van der Waals surface area (Å²) >= 11 is 1.27. The highest BCUT2D eigenvalue weighted by atomic mass is 32.1. The Morgan fingerprint density at radius 1 is 1.19 bits per heavy atom. The van der Waals surface area contributed by atoms with E-state index in [2.05, 4.69) is 15.5 Å². The number of aromatic nitrogens is 2. The van der Waals surface area contributed by atoms with Gasteiger partial charge in [0.05, 0.1) is 0 Å². The van der Waals surface area contributed by atoms with Crippen LogP contribution in [-0.2, 0) is 9.59 Å². The standard InChI is InChI=1S/C22H20N4O5S/c1-13-2-4-15(5-3-13)26-10-14(8-20(26)28)21-24-25-22(32-21)23-19(27)11-29-16-6-7-17-18(9-16)31-12-30-17/h2-7,9,14H,8,10-12H2,1H3,(H,23,25,27). The number of hydrogen-bond acceptors (Lipinski definition) is 8. The molecule has 0 spiro atoms. The van der Waals surface area contributed by atoms with Gasteiger partial charge in [-0.15, -0.1) is 10.2 Å². The van der Waals surface area contributed by atoms with E-state index in [0.29, 0.717) is 35.3 Å². The number of carbonyl (C=O) groups is 2. The number of benzene rings is 2. The molecule has 0 bridgehead atoms. The fourth-order valence-corrected chi connectivity index (χ4v) is 4.42. The van der Waals surface area contributed by atoms with Crippen molar-refractivity contribution in [3.05, 3.63) is 53.0 Å². The summed E-state index contributed by atoms with van der Waals surface area (Å²) in [6, 6.07) is 13.0. The number of hydrogen-bond donors (Lipinski definition) is 1. The molecule has 2 amide bonds. The molecule has 1 N–H and O–H groups in total. The van der Waals surface area contributed by atoms with E-state index in [9.17, 15) is 9.59 Å². The maximum Gasteiger partial charge on any atom is 0.264 e. The van der Waals surface area contributed by atoms with Crippen molar-refractivity contribution in [2.45, 2.75) is 19.3 Å². The molecule has 5 rings (SSSR count). The highest BCUT2D eigenvalue weighted by Gasteiger charge is 2.34. The summed E-state index contributed by atoms with van der Waals surface area (Å²) in [5.74, 6) is 1.38. The lowest BCUT2D eigenvalue weighted by Crippen LogP contribution is -2.24. The third-order valence-corrected chi connectivity index (χ3v) is 6.22. The van der Waals surface area contributed by atoms with Gasteiger partial charge in [-0.1, -0.05) is 29.0 Å². The molecule has 0 radical (unpaired) electrons. The minimum Gasteiger partial charge on any atom is -0.484 e. The lowest BCUT2D eigenvalue weighted by molar-refractivity contribution is -0.118. The van der Waals surface area contributed by atoms with Crippen molar-refractivity contribution < 1.29 is 23.8 Å². The predicted octanol–water partition coefficient (Wildman–Crippen LogP) is 3.11. The first kappa shape index (κ1) is 20.3. The van der Waals surface area contributed by atoms with Crippen LogP contribution in [0.5, 0.6) is 17.2 Å². The summed E-state index contributed by atoms with van der Waals surface area (Å²) in [5.41, 5.74) is 2.02. The number of nitrogens with zero attached hydrogens (tertiary/aromatic N) is 3. The van der Waals surface area contributed by atoms with Crippen LogP contribution in [0.2, 0.25) is 0 Å². The van der Waals surface area contributed by atoms with Crippen LogP contribution in [0, 0.1) is 6.92 Å². The Bertz CT molecular complexity index is 1160. The molecule has 9 nitrogen and oxygen atoms in total. The zero-order chi connectivity index (χ0) is 22.1. The van der Waals surface area contributed by atoms with Gasteiger partial charge in [-0.3, -0.25) is 14.9 Å². The summed E-state index contributed by atoms with van der Waals surface area (Å²) < 4.78 is 16.1. The minimum atomic E-state index is -0.353. The van der Waals surface area contributed by atoms with E-state index in [4.69, 9.17) is 14.2 Å². The number of amides is 2. The van der Waals surface area contributed by atoms with E-state index >= 15 is 0 Å². The largest absolute Gasteiger partial charge is 0.484 e. The summed E-state index contributed by atoms with van der Waals surface area (Å²) in [6.45, 7) is 2.54. The first-order valence-corrected chi connectivity index (χ1v) is 10.9. The lowest BCUT2D eigenvalue weighted by Gasteiger charge is -2.16. The average Bonchev–Trinajstić information content (AvgIpc) is 3.52. The Labute approximate surface area is 187 Å². The molecule has 1 fully saturated rings. The molecule has 1 atom stereocenters. The Morgan fingerprint density at radius 2 is 2.00 bits per heavy atom. The third-order valence-electron chi connectivity index (χ3n) is 5.22. The Morgan fingerprint density at radius 3 is 2.84 bits per heavy atom. The normalized spacial score (nSPS) is 17.0. The number of fused-ring (bicyclic) bond motifs is 1. The van der Waals surface area contributed by atoms with Crippen LogP contribution in [-0.4, -0.2) is 42.0 Å². The molecule has 3 aromatic rings. The maximum atomic E-state index is 12.5. The van der Waals surface area contributed by atoms with Crippen molar-refractivity contribution in [2.24, 2.45) is 0 Å². The van der Waals surface area contributed by atoms with E-state index in [-0.39, 0.29) is 31.1 Å². The molecule has 0 aliphatic carbocycles. The Balaban J connectivity index is 1.16. The molecule has 1 aromatic heterocycles. The van der Waals surface area contributed by atoms with Gasteiger partial charge < -0.3 is 19.1 Å². The second kappa shape index (κ2) is 8.46. The topological polar surface area (TPSA) is 103 Å². The van der Waals surface area contributed by atoms with E-state index in [1.807, 2.05) is 31.2 Å². The molecule has 2 aliphatic rings. The minimum absolute atomic E-state index is 0.0526. The Kier molecular flexibility index (Phi) is 5.36. The van der Waals surface area contributed by atoms with Crippen LogP contribution in [0.4, 0.5) is 10.8 Å². The smallest absolute Gasteiger partial charge is 0.264 e. The highest BCUT2D eigenvalue weighted by Crippen LogP contribution is 2.36. The van der Waals surface area contributed by atoms with Gasteiger partial charge >= 0.3 is 0 Å². The predicted molar refractivity (Wildman–Crippen MR) is 117 cm³/mol. The van der Waals surface area contributed by atoms with Gasteiger partial charge in [0.1, 0.15) is 10.8 Å². The van der Waals surface area contributed by atoms with Gasteiger partial charge in [0.2, 0.25) is 17.8 Å². The zero-order valence-corrected chi connectivity index (χ0v) is 18.1. The van der Waals surface area contributed by atoms with Crippen molar-refractivity contribution in [1.29, 1.82) is 0 Å². The first-order chi connectivity index (χ1) is 15.5. The molecule has 3 heterocycles. The van der Waals surface area contributed by atoms with Gasteiger partial charge in [-0.2, -0.15) is 0 Å². The van der Waals surface area contributed by atoms with Crippen molar-refractivity contribution in [3.63, 3.8) is 0 Å². The molecule has 2 aromatic carbocycles. The van der Waals surface area contributed by atoms with Crippen LogP contribution in [0.15, 0.2) is 42.5 Å². The number of ether oxygens (including phenoxy) is 3. The first-order valence-electron chi connectivity index (χ1n) is 10.1. The molecular formula is C22H20N4O5S. The van der Waals surface area contributed by atoms with Crippen molar-refractivity contribution in [2.75, 3.05) is 30.2 Å². The lowest BCUT2D eigenvalue weighted by atomic mass is 10.1. The monoisotopic (exact) mass is 452 g/mol. The van der Waals surface area contributed by atoms with Crippen molar-refractivity contribution in [1.82, 2.24) is 10.2 Å². The number of aryl methyl sites for hydroxylation is 1. The molecule has 10 heteroatoms. The number of anilines is 2. The highest BCUT2D eigenvalue weighted by molar-refractivity contribution is 7.15. The van der Waals surface area contributed by atoms with Crippen molar-refractivity contribution >= 4 is 34.0 Å². The third kappa shape index (κ3) is 4.22. The second-order valence-corrected chi connectivity index (χ2v) is 8.55. The quantitative estimate of drug-likeness (QED) is 0.613. The van der Waals surface area contributed by atoms with E-state index in [1.165, 1.54) is 11.3 Å². The average molecular weight is 452 g/mol. The maximum absolute atomic E-state index is 12.5. The van der Waals surface area contributed by atoms with Crippen LogP contribution >= 0.6 is 11.3 Å². The molecule has 32 heavy (non-hydrogen) atoms. The van der Waals surface area contributed by atoms with E-state index in [1.54, 1.807) is 23.1 Å². The number of rotatable bonds is 6. The Hall–Kier alpha value is -3.66. The zero-order valence-electron chi connectivity index (χ0n) is 17.2. The van der Waals surface area contributed by atoms with E-state index < -0.39 is 0 Å². The molecule has 0 saturated carbocycles. The summed E-state index contributed by atoms with van der Waals surface area (Å²) in [5, 5.41) is 12.0. The summed E-state index contributed by atoms with van der Waals surface area (Å²) in [7, 11) is 0. The van der Waals surface area contributed by atoms with Crippen molar-refractivity contribution in [3.8, 4) is 17.2 Å². The molecule has 1 saturated heterocycles. The fourth-order valence-electron chi connectivity index (χ4n) is 3.57. The summed E-state index contributed by atoms with van der Waals surface area (Å²) in [4.78, 5) is 26.5. The molecular weight excluding hydrogens is 432 g/mol. The van der Waals surface area contributed by atoms with Crippen LogP contribution in [0.3, 0.4) is 0 Å². The van der Waals surface area contributed by atoms with Gasteiger partial charge in [0.25, 0.3) is 5.91 Å². The van der Waals surface area contributed by atoms with Gasteiger partial charge in [0.15, 0.2) is 18.1 Å². The van der Waals surface area contributed by atoms with Gasteiger partial charge in [-0.05, 0) is 31.2 Å². The molecule has 1 unspecified atom stereocenters. The molecule has 164 valence electrons. The van der Waals surface area contributed by atoms with E-state index in [0.717, 1.165) is 16.3 Å². The van der Waals surface area contributed by atoms with Gasteiger partial charge in [-0.25, -0.2) is 0 Å². The molecule has 2 aliphatic heterocycles. The van der Waals surface area contributed by atoms with Gasteiger partial charge in [0, 0.05) is 30.6 Å². The summed E-state index contributed by atoms with van der Waals surface area (Å²) in [6.07, 6.45) is 0.365.